The lowest BCUT2D eigenvalue weighted by atomic mass is 10.0. The minimum Gasteiger partial charge on any atom is -0.496 e. The minimum absolute atomic E-state index is 0.0349. The van der Waals surface area contributed by atoms with E-state index in [1.807, 2.05) is 36.4 Å². The van der Waals surface area contributed by atoms with Gasteiger partial charge in [-0.2, -0.15) is 0 Å². The Morgan fingerprint density at radius 2 is 1.79 bits per heavy atom. The smallest absolute Gasteiger partial charge is 0.238 e. The predicted octanol–water partition coefficient (Wildman–Crippen LogP) is 3.59. The van der Waals surface area contributed by atoms with Gasteiger partial charge in [-0.1, -0.05) is 44.2 Å². The minimum atomic E-state index is -0.0349. The van der Waals surface area contributed by atoms with Gasteiger partial charge in [-0.25, -0.2) is 0 Å². The maximum Gasteiger partial charge on any atom is 0.238 e. The summed E-state index contributed by atoms with van der Waals surface area (Å²) in [5.41, 5.74) is 3.23. The number of anilines is 1. The molecule has 2 aromatic rings. The monoisotopic (exact) mass is 326 g/mol. The molecule has 4 nitrogen and oxygen atoms in total. The second-order valence-electron chi connectivity index (χ2n) is 6.06. The van der Waals surface area contributed by atoms with Crippen LogP contribution in [0.2, 0.25) is 0 Å². The molecule has 128 valence electrons. The molecule has 0 aliphatic rings. The molecule has 1 amide bonds. The van der Waals surface area contributed by atoms with Crippen LogP contribution in [0, 0.1) is 0 Å². The summed E-state index contributed by atoms with van der Waals surface area (Å²) in [6, 6.07) is 15.9. The number of carbonyl (C=O) groups is 1. The van der Waals surface area contributed by atoms with Crippen LogP contribution in [0.25, 0.3) is 0 Å². The molecule has 2 rings (SSSR count). The number of rotatable bonds is 8. The molecule has 0 unspecified atom stereocenters. The van der Waals surface area contributed by atoms with Crippen LogP contribution in [-0.4, -0.2) is 26.1 Å². The van der Waals surface area contributed by atoms with E-state index >= 15 is 0 Å². The lowest BCUT2D eigenvalue weighted by Gasteiger charge is -2.10. The predicted molar refractivity (Wildman–Crippen MR) is 98.7 cm³/mol. The largest absolute Gasteiger partial charge is 0.496 e. The van der Waals surface area contributed by atoms with Gasteiger partial charge in [0.2, 0.25) is 5.91 Å². The van der Waals surface area contributed by atoms with E-state index in [1.165, 1.54) is 5.56 Å². The zero-order chi connectivity index (χ0) is 17.4. The van der Waals surface area contributed by atoms with E-state index in [4.69, 9.17) is 4.74 Å². The Morgan fingerprint density at radius 1 is 1.08 bits per heavy atom. The number of amides is 1. The number of hydrogen-bond donors (Lipinski definition) is 2. The standard InChI is InChI=1S/C20H26N2O2/c1-15(2)16-8-10-18(11-9-16)22-20(23)14-21-13-12-17-6-4-5-7-19(17)24-3/h4-11,15,21H,12-14H2,1-3H3,(H,22,23). The van der Waals surface area contributed by atoms with Crippen molar-refractivity contribution in [1.29, 1.82) is 0 Å². The van der Waals surface area contributed by atoms with Gasteiger partial charge in [-0.3, -0.25) is 4.79 Å². The van der Waals surface area contributed by atoms with Crippen molar-refractivity contribution in [1.82, 2.24) is 5.32 Å². The molecule has 0 aliphatic heterocycles. The molecular weight excluding hydrogens is 300 g/mol. The molecule has 0 heterocycles. The van der Waals surface area contributed by atoms with Gasteiger partial charge in [0.1, 0.15) is 5.75 Å². The van der Waals surface area contributed by atoms with Crippen molar-refractivity contribution in [3.05, 3.63) is 59.7 Å². The van der Waals surface area contributed by atoms with E-state index in [-0.39, 0.29) is 5.91 Å². The number of carbonyl (C=O) groups excluding carboxylic acids is 1. The van der Waals surface area contributed by atoms with Crippen LogP contribution >= 0.6 is 0 Å². The molecular formula is C20H26N2O2. The highest BCUT2D eigenvalue weighted by Gasteiger charge is 2.05. The third-order valence-corrected chi connectivity index (χ3v) is 3.91. The Balaban J connectivity index is 1.73. The maximum atomic E-state index is 12.0. The number of ether oxygens (including phenoxy) is 1. The summed E-state index contributed by atoms with van der Waals surface area (Å²) in [5.74, 6) is 1.34. The quantitative estimate of drug-likeness (QED) is 0.729. The zero-order valence-corrected chi connectivity index (χ0v) is 14.6. The summed E-state index contributed by atoms with van der Waals surface area (Å²) < 4.78 is 5.32. The molecule has 0 saturated heterocycles. The fourth-order valence-electron chi connectivity index (χ4n) is 2.49. The van der Waals surface area contributed by atoms with Crippen molar-refractivity contribution in [2.75, 3.05) is 25.5 Å². The van der Waals surface area contributed by atoms with Crippen molar-refractivity contribution in [2.24, 2.45) is 0 Å². The van der Waals surface area contributed by atoms with Crippen LogP contribution in [0.3, 0.4) is 0 Å². The van der Waals surface area contributed by atoms with E-state index < -0.39 is 0 Å². The first-order chi connectivity index (χ1) is 11.6. The second kappa shape index (κ2) is 9.08. The molecule has 0 spiro atoms. The Morgan fingerprint density at radius 3 is 2.46 bits per heavy atom. The van der Waals surface area contributed by atoms with E-state index in [1.54, 1.807) is 7.11 Å². The van der Waals surface area contributed by atoms with Crippen LogP contribution in [0.1, 0.15) is 30.9 Å². The first kappa shape index (κ1) is 18.0. The van der Waals surface area contributed by atoms with Crippen LogP contribution < -0.4 is 15.4 Å². The summed E-state index contributed by atoms with van der Waals surface area (Å²) in [6.07, 6.45) is 0.820. The van der Waals surface area contributed by atoms with Crippen molar-refractivity contribution in [3.63, 3.8) is 0 Å². The summed E-state index contributed by atoms with van der Waals surface area (Å²) in [7, 11) is 1.67. The summed E-state index contributed by atoms with van der Waals surface area (Å²) in [6.45, 7) is 5.32. The average Bonchev–Trinajstić information content (AvgIpc) is 2.59. The molecule has 2 aromatic carbocycles. The number of para-hydroxylation sites is 1. The third-order valence-electron chi connectivity index (χ3n) is 3.91. The van der Waals surface area contributed by atoms with E-state index in [0.29, 0.717) is 12.5 Å². The summed E-state index contributed by atoms with van der Waals surface area (Å²) in [4.78, 5) is 12.0. The number of nitrogens with one attached hydrogen (secondary N) is 2. The van der Waals surface area contributed by atoms with Crippen LogP contribution in [0.5, 0.6) is 5.75 Å². The van der Waals surface area contributed by atoms with E-state index in [2.05, 4.69) is 36.6 Å². The Labute approximate surface area is 144 Å². The third kappa shape index (κ3) is 5.39. The molecule has 0 radical (unpaired) electrons. The average molecular weight is 326 g/mol. The number of benzene rings is 2. The van der Waals surface area contributed by atoms with Gasteiger partial charge in [-0.05, 0) is 48.2 Å². The van der Waals surface area contributed by atoms with E-state index in [9.17, 15) is 4.79 Å². The van der Waals surface area contributed by atoms with Gasteiger partial charge in [0.05, 0.1) is 13.7 Å². The topological polar surface area (TPSA) is 50.4 Å². The Kier molecular flexibility index (Phi) is 6.82. The highest BCUT2D eigenvalue weighted by Crippen LogP contribution is 2.18. The number of hydrogen-bond acceptors (Lipinski definition) is 3. The lowest BCUT2D eigenvalue weighted by Crippen LogP contribution is -2.29. The molecule has 0 bridgehead atoms. The van der Waals surface area contributed by atoms with Crippen molar-refractivity contribution >= 4 is 11.6 Å². The van der Waals surface area contributed by atoms with Crippen LogP contribution in [-0.2, 0) is 11.2 Å². The second-order valence-corrected chi connectivity index (χ2v) is 6.06. The first-order valence-corrected chi connectivity index (χ1v) is 8.32. The highest BCUT2D eigenvalue weighted by atomic mass is 16.5. The van der Waals surface area contributed by atoms with Gasteiger partial charge in [-0.15, -0.1) is 0 Å². The molecule has 0 saturated carbocycles. The molecule has 0 atom stereocenters. The van der Waals surface area contributed by atoms with Crippen LogP contribution in [0.4, 0.5) is 5.69 Å². The molecule has 24 heavy (non-hydrogen) atoms. The summed E-state index contributed by atoms with van der Waals surface area (Å²) >= 11 is 0. The van der Waals surface area contributed by atoms with Gasteiger partial charge >= 0.3 is 0 Å². The van der Waals surface area contributed by atoms with E-state index in [0.717, 1.165) is 30.0 Å². The highest BCUT2D eigenvalue weighted by molar-refractivity contribution is 5.92. The SMILES string of the molecule is COc1ccccc1CCNCC(=O)Nc1ccc(C(C)C)cc1. The Bertz CT molecular complexity index is 651. The molecule has 0 aliphatic carbocycles. The summed E-state index contributed by atoms with van der Waals surface area (Å²) in [5, 5.41) is 6.07. The lowest BCUT2D eigenvalue weighted by molar-refractivity contribution is -0.115. The normalized spacial score (nSPS) is 10.7. The van der Waals surface area contributed by atoms with Crippen molar-refractivity contribution in [2.45, 2.75) is 26.2 Å². The zero-order valence-electron chi connectivity index (χ0n) is 14.6. The van der Waals surface area contributed by atoms with Crippen LogP contribution in [0.15, 0.2) is 48.5 Å². The molecule has 0 fully saturated rings. The maximum absolute atomic E-state index is 12.0. The fourth-order valence-corrected chi connectivity index (χ4v) is 2.49. The van der Waals surface area contributed by atoms with Crippen molar-refractivity contribution < 1.29 is 9.53 Å². The van der Waals surface area contributed by atoms with Crippen molar-refractivity contribution in [3.8, 4) is 5.75 Å². The Hall–Kier alpha value is -2.33. The molecule has 2 N–H and O–H groups in total. The van der Waals surface area contributed by atoms with Gasteiger partial charge in [0.25, 0.3) is 0 Å². The van der Waals surface area contributed by atoms with Gasteiger partial charge in [0.15, 0.2) is 0 Å². The fraction of sp³-hybridized carbons (Fsp3) is 0.350. The van der Waals surface area contributed by atoms with Gasteiger partial charge < -0.3 is 15.4 Å². The number of methoxy groups -OCH3 is 1. The van der Waals surface area contributed by atoms with Gasteiger partial charge in [0, 0.05) is 5.69 Å². The first-order valence-electron chi connectivity index (χ1n) is 8.32. The molecule has 0 aromatic heterocycles. The molecule has 4 heteroatoms.